The van der Waals surface area contributed by atoms with Crippen LogP contribution in [0.4, 0.5) is 0 Å². The van der Waals surface area contributed by atoms with Gasteiger partial charge in [0.2, 0.25) is 0 Å². The van der Waals surface area contributed by atoms with Crippen molar-refractivity contribution in [2.75, 3.05) is 0 Å². The molecule has 1 amide bonds. The number of hydrogen-bond donors (Lipinski definition) is 1. The average molecular weight is 371 g/mol. The molecule has 0 radical (unpaired) electrons. The smallest absolute Gasteiger partial charge is 0.269 e. The van der Waals surface area contributed by atoms with E-state index in [-0.39, 0.29) is 11.9 Å². The summed E-state index contributed by atoms with van der Waals surface area (Å²) >= 11 is 0. The molecular formula is C24H25N3O. The lowest BCUT2D eigenvalue weighted by atomic mass is 10.1. The maximum atomic E-state index is 12.9. The largest absolute Gasteiger partial charge is 0.348 e. The maximum Gasteiger partial charge on any atom is 0.269 e. The van der Waals surface area contributed by atoms with Gasteiger partial charge in [-0.25, -0.2) is 0 Å². The number of aryl methyl sites for hydroxylation is 2. The average Bonchev–Trinajstić information content (AvgIpc) is 3.17. The first-order chi connectivity index (χ1) is 13.6. The Morgan fingerprint density at radius 2 is 1.79 bits per heavy atom. The lowest BCUT2D eigenvalue weighted by Crippen LogP contribution is -2.34. The van der Waals surface area contributed by atoms with E-state index >= 15 is 0 Å². The fourth-order valence-electron chi connectivity index (χ4n) is 3.25. The Morgan fingerprint density at radius 1 is 1.07 bits per heavy atom. The summed E-state index contributed by atoms with van der Waals surface area (Å²) < 4.78 is 1.79. The van der Waals surface area contributed by atoms with E-state index in [9.17, 15) is 10.1 Å². The van der Waals surface area contributed by atoms with Gasteiger partial charge in [0.05, 0.1) is 5.56 Å². The van der Waals surface area contributed by atoms with Crippen LogP contribution in [0.2, 0.25) is 0 Å². The van der Waals surface area contributed by atoms with Gasteiger partial charge in [-0.15, -0.1) is 0 Å². The van der Waals surface area contributed by atoms with Crippen LogP contribution >= 0.6 is 0 Å². The SMILES string of the molecule is CCc1ccc(-n2ccc(C#N)c2C(=O)N[C@@H](C)CCc2ccccc2)cc1. The molecule has 28 heavy (non-hydrogen) atoms. The molecule has 1 aromatic heterocycles. The predicted octanol–water partition coefficient (Wildman–Crippen LogP) is 4.66. The van der Waals surface area contributed by atoms with Crippen molar-refractivity contribution in [2.24, 2.45) is 0 Å². The number of nitriles is 1. The molecule has 4 heteroatoms. The Labute approximate surface area is 166 Å². The van der Waals surface area contributed by atoms with Crippen molar-refractivity contribution in [2.45, 2.75) is 39.2 Å². The molecule has 0 saturated carbocycles. The topological polar surface area (TPSA) is 57.8 Å². The molecule has 3 aromatic rings. The van der Waals surface area contributed by atoms with Crippen molar-refractivity contribution < 1.29 is 4.79 Å². The monoisotopic (exact) mass is 371 g/mol. The summed E-state index contributed by atoms with van der Waals surface area (Å²) in [6.45, 7) is 4.10. The quantitative estimate of drug-likeness (QED) is 0.656. The van der Waals surface area contributed by atoms with Crippen LogP contribution in [0.25, 0.3) is 5.69 Å². The molecule has 4 nitrogen and oxygen atoms in total. The van der Waals surface area contributed by atoms with Gasteiger partial charge in [0.15, 0.2) is 0 Å². The van der Waals surface area contributed by atoms with E-state index in [1.165, 1.54) is 11.1 Å². The van der Waals surface area contributed by atoms with Crippen LogP contribution in [-0.4, -0.2) is 16.5 Å². The summed E-state index contributed by atoms with van der Waals surface area (Å²) in [5.74, 6) is -0.221. The number of rotatable bonds is 7. The molecule has 1 N–H and O–H groups in total. The van der Waals surface area contributed by atoms with E-state index in [1.54, 1.807) is 16.8 Å². The van der Waals surface area contributed by atoms with E-state index in [4.69, 9.17) is 0 Å². The molecule has 0 unspecified atom stereocenters. The zero-order valence-corrected chi connectivity index (χ0v) is 16.4. The third-order valence-corrected chi connectivity index (χ3v) is 4.93. The highest BCUT2D eigenvalue weighted by Gasteiger charge is 2.19. The van der Waals surface area contributed by atoms with Crippen LogP contribution in [-0.2, 0) is 12.8 Å². The second kappa shape index (κ2) is 9.05. The van der Waals surface area contributed by atoms with Crippen LogP contribution in [0.5, 0.6) is 0 Å². The predicted molar refractivity (Wildman–Crippen MR) is 112 cm³/mol. The molecular weight excluding hydrogens is 346 g/mol. The number of benzene rings is 2. The van der Waals surface area contributed by atoms with Crippen molar-refractivity contribution in [1.82, 2.24) is 9.88 Å². The lowest BCUT2D eigenvalue weighted by Gasteiger charge is -2.16. The summed E-state index contributed by atoms with van der Waals surface area (Å²) in [5, 5.41) is 12.5. The van der Waals surface area contributed by atoms with E-state index in [0.717, 1.165) is 24.9 Å². The summed E-state index contributed by atoms with van der Waals surface area (Å²) in [7, 11) is 0. The van der Waals surface area contributed by atoms with Crippen LogP contribution in [0.15, 0.2) is 66.9 Å². The van der Waals surface area contributed by atoms with Crippen molar-refractivity contribution in [3.63, 3.8) is 0 Å². The van der Waals surface area contributed by atoms with Gasteiger partial charge >= 0.3 is 0 Å². The zero-order valence-electron chi connectivity index (χ0n) is 16.4. The van der Waals surface area contributed by atoms with Crippen LogP contribution in [0, 0.1) is 11.3 Å². The molecule has 0 aliphatic carbocycles. The van der Waals surface area contributed by atoms with Crippen LogP contribution < -0.4 is 5.32 Å². The number of carbonyl (C=O) groups excluding carboxylic acids is 1. The fourth-order valence-corrected chi connectivity index (χ4v) is 3.25. The fraction of sp³-hybridized carbons (Fsp3) is 0.250. The molecule has 1 heterocycles. The van der Waals surface area contributed by atoms with Crippen molar-refractivity contribution in [3.8, 4) is 11.8 Å². The number of nitrogens with zero attached hydrogens (tertiary/aromatic N) is 2. The highest BCUT2D eigenvalue weighted by Crippen LogP contribution is 2.18. The highest BCUT2D eigenvalue weighted by molar-refractivity contribution is 5.96. The van der Waals surface area contributed by atoms with Gasteiger partial charge in [-0.05, 0) is 55.5 Å². The maximum absolute atomic E-state index is 12.9. The normalized spacial score (nSPS) is 11.6. The lowest BCUT2D eigenvalue weighted by molar-refractivity contribution is 0.0931. The minimum absolute atomic E-state index is 0.00469. The van der Waals surface area contributed by atoms with E-state index in [0.29, 0.717) is 11.3 Å². The Balaban J connectivity index is 1.75. The zero-order chi connectivity index (χ0) is 19.9. The van der Waals surface area contributed by atoms with Gasteiger partial charge in [0, 0.05) is 17.9 Å². The van der Waals surface area contributed by atoms with Gasteiger partial charge < -0.3 is 9.88 Å². The Bertz CT molecular complexity index is 965. The minimum atomic E-state index is -0.221. The molecule has 1 atom stereocenters. The minimum Gasteiger partial charge on any atom is -0.348 e. The first-order valence-corrected chi connectivity index (χ1v) is 9.68. The molecule has 0 bridgehead atoms. The third kappa shape index (κ3) is 4.50. The first kappa shape index (κ1) is 19.4. The van der Waals surface area contributed by atoms with Gasteiger partial charge in [0.1, 0.15) is 11.8 Å². The highest BCUT2D eigenvalue weighted by atomic mass is 16.2. The van der Waals surface area contributed by atoms with Gasteiger partial charge in [-0.3, -0.25) is 4.79 Å². The van der Waals surface area contributed by atoms with Crippen molar-refractivity contribution >= 4 is 5.91 Å². The number of aromatic nitrogens is 1. The second-order valence-corrected chi connectivity index (χ2v) is 6.98. The molecule has 3 rings (SSSR count). The Hall–Kier alpha value is -3.32. The number of amides is 1. The summed E-state index contributed by atoms with van der Waals surface area (Å²) in [4.78, 5) is 12.9. The molecule has 2 aromatic carbocycles. The summed E-state index contributed by atoms with van der Waals surface area (Å²) in [6.07, 6.45) is 4.47. The van der Waals surface area contributed by atoms with E-state index < -0.39 is 0 Å². The van der Waals surface area contributed by atoms with E-state index in [2.05, 4.69) is 30.4 Å². The van der Waals surface area contributed by atoms with Gasteiger partial charge in [-0.2, -0.15) is 5.26 Å². The summed E-state index contributed by atoms with van der Waals surface area (Å²) in [5.41, 5.74) is 4.13. The molecule has 0 fully saturated rings. The van der Waals surface area contributed by atoms with Crippen molar-refractivity contribution in [1.29, 1.82) is 5.26 Å². The first-order valence-electron chi connectivity index (χ1n) is 9.68. The molecule has 0 spiro atoms. The number of nitrogens with one attached hydrogen (secondary N) is 1. The molecule has 0 saturated heterocycles. The van der Waals surface area contributed by atoms with Crippen LogP contribution in [0.1, 0.15) is 47.4 Å². The third-order valence-electron chi connectivity index (χ3n) is 4.93. The Morgan fingerprint density at radius 3 is 2.43 bits per heavy atom. The van der Waals surface area contributed by atoms with Crippen molar-refractivity contribution in [3.05, 3.63) is 89.2 Å². The van der Waals surface area contributed by atoms with E-state index in [1.807, 2.05) is 49.4 Å². The Kier molecular flexibility index (Phi) is 6.29. The van der Waals surface area contributed by atoms with Crippen LogP contribution in [0.3, 0.4) is 0 Å². The second-order valence-electron chi connectivity index (χ2n) is 6.98. The summed E-state index contributed by atoms with van der Waals surface area (Å²) in [6, 6.07) is 22.1. The molecule has 0 aliphatic rings. The number of hydrogen-bond acceptors (Lipinski definition) is 2. The number of carbonyl (C=O) groups is 1. The van der Waals surface area contributed by atoms with Gasteiger partial charge in [0.25, 0.3) is 5.91 Å². The molecule has 142 valence electrons. The van der Waals surface area contributed by atoms with Gasteiger partial charge in [-0.1, -0.05) is 49.4 Å². The standard InChI is InChI=1S/C24H25N3O/c1-3-19-11-13-22(14-12-19)27-16-15-21(17-25)23(27)24(28)26-18(2)9-10-20-7-5-4-6-8-20/h4-8,11-16,18H,3,9-10H2,1-2H3,(H,26,28)/t18-/m0/s1. The molecule has 0 aliphatic heterocycles.